The fourth-order valence-corrected chi connectivity index (χ4v) is 2.88. The molecule has 1 N–H and O–H groups in total. The lowest BCUT2D eigenvalue weighted by molar-refractivity contribution is -0.245. The molecule has 2 aliphatic rings. The second-order valence-electron chi connectivity index (χ2n) is 5.60. The summed E-state index contributed by atoms with van der Waals surface area (Å²) >= 11 is 5.87. The van der Waals surface area contributed by atoms with Crippen LogP contribution in [0.4, 0.5) is 0 Å². The van der Waals surface area contributed by atoms with Crippen molar-refractivity contribution < 1.29 is 24.1 Å². The van der Waals surface area contributed by atoms with Crippen LogP contribution in [0.2, 0.25) is 5.02 Å². The van der Waals surface area contributed by atoms with E-state index in [4.69, 9.17) is 30.5 Å². The van der Waals surface area contributed by atoms with Crippen molar-refractivity contribution in [3.05, 3.63) is 34.9 Å². The number of halogens is 1. The van der Waals surface area contributed by atoms with Crippen molar-refractivity contribution in [2.45, 2.75) is 50.7 Å². The largest absolute Gasteiger partial charge is 0.385 e. The Morgan fingerprint density at radius 3 is 2.77 bits per heavy atom. The number of ether oxygens (including phenoxy) is 4. The summed E-state index contributed by atoms with van der Waals surface area (Å²) in [6.45, 7) is 3.44. The Morgan fingerprint density at radius 1 is 1.27 bits per heavy atom. The van der Waals surface area contributed by atoms with Gasteiger partial charge in [0.15, 0.2) is 6.29 Å². The Balaban J connectivity index is 1.60. The standard InChI is InChI=1S/C16H21ClO5/c1-2-7-19-15-13(18)16-21-9-12(14(15)22-16)20-8-10-3-5-11(17)6-4-10/h3-6,12-16,18H,2,7-9H2,1H3/t12-,13-,14-,15-,16-/m1/s1. The van der Waals surface area contributed by atoms with Gasteiger partial charge in [0.25, 0.3) is 0 Å². The van der Waals surface area contributed by atoms with Crippen LogP contribution in [0.15, 0.2) is 24.3 Å². The van der Waals surface area contributed by atoms with E-state index in [2.05, 4.69) is 0 Å². The third-order valence-corrected chi connectivity index (χ3v) is 4.17. The third kappa shape index (κ3) is 3.45. The minimum atomic E-state index is -0.763. The maximum atomic E-state index is 10.2. The fourth-order valence-electron chi connectivity index (χ4n) is 2.76. The van der Waals surface area contributed by atoms with Gasteiger partial charge < -0.3 is 24.1 Å². The van der Waals surface area contributed by atoms with Gasteiger partial charge in [0.2, 0.25) is 0 Å². The number of benzene rings is 1. The molecule has 0 aliphatic carbocycles. The van der Waals surface area contributed by atoms with Gasteiger partial charge in [0.05, 0.1) is 13.2 Å². The van der Waals surface area contributed by atoms with Gasteiger partial charge in [-0.1, -0.05) is 30.7 Å². The summed E-state index contributed by atoms with van der Waals surface area (Å²) in [5.74, 6) is 0. The molecule has 5 nitrogen and oxygen atoms in total. The third-order valence-electron chi connectivity index (χ3n) is 3.91. The molecular weight excluding hydrogens is 308 g/mol. The predicted octanol–water partition coefficient (Wildman–Crippen LogP) is 2.14. The molecule has 6 heteroatoms. The predicted molar refractivity (Wildman–Crippen MR) is 80.7 cm³/mol. The summed E-state index contributed by atoms with van der Waals surface area (Å²) in [7, 11) is 0. The summed E-state index contributed by atoms with van der Waals surface area (Å²) < 4.78 is 22.8. The lowest BCUT2D eigenvalue weighted by Crippen LogP contribution is -2.44. The maximum Gasteiger partial charge on any atom is 0.186 e. The molecule has 1 aromatic carbocycles. The molecule has 2 aliphatic heterocycles. The molecule has 0 unspecified atom stereocenters. The van der Waals surface area contributed by atoms with Gasteiger partial charge in [-0.2, -0.15) is 0 Å². The Bertz CT molecular complexity index is 480. The van der Waals surface area contributed by atoms with Crippen molar-refractivity contribution in [3.63, 3.8) is 0 Å². The van der Waals surface area contributed by atoms with Crippen molar-refractivity contribution in [1.82, 2.24) is 0 Å². The van der Waals surface area contributed by atoms with Crippen LogP contribution in [-0.4, -0.2) is 49.0 Å². The molecule has 0 radical (unpaired) electrons. The molecule has 2 fully saturated rings. The van der Waals surface area contributed by atoms with E-state index in [1.807, 2.05) is 31.2 Å². The zero-order valence-corrected chi connectivity index (χ0v) is 13.2. The average molecular weight is 329 g/mol. The van der Waals surface area contributed by atoms with Crippen LogP contribution in [-0.2, 0) is 25.6 Å². The SMILES string of the molecule is CCCO[C@@H]1[C@@H](O)[C@@H]2OC[C@@H](OCc3ccc(Cl)cc3)[C@H]1O2. The Kier molecular flexibility index (Phi) is 5.33. The summed E-state index contributed by atoms with van der Waals surface area (Å²) in [4.78, 5) is 0. The first kappa shape index (κ1) is 16.2. The topological polar surface area (TPSA) is 57.2 Å². The summed E-state index contributed by atoms with van der Waals surface area (Å²) in [5.41, 5.74) is 1.02. The first-order valence-electron chi connectivity index (χ1n) is 7.62. The van der Waals surface area contributed by atoms with E-state index in [-0.39, 0.29) is 12.2 Å². The van der Waals surface area contributed by atoms with Crippen LogP contribution in [0.25, 0.3) is 0 Å². The van der Waals surface area contributed by atoms with Crippen molar-refractivity contribution in [2.24, 2.45) is 0 Å². The van der Waals surface area contributed by atoms with E-state index in [1.54, 1.807) is 0 Å². The van der Waals surface area contributed by atoms with E-state index in [0.717, 1.165) is 12.0 Å². The normalized spacial score (nSPS) is 34.0. The van der Waals surface area contributed by atoms with Crippen LogP contribution in [0.1, 0.15) is 18.9 Å². The Morgan fingerprint density at radius 2 is 2.05 bits per heavy atom. The lowest BCUT2D eigenvalue weighted by Gasteiger charge is -2.30. The van der Waals surface area contributed by atoms with Gasteiger partial charge in [-0.3, -0.25) is 0 Å². The van der Waals surface area contributed by atoms with E-state index >= 15 is 0 Å². The van der Waals surface area contributed by atoms with Gasteiger partial charge in [-0.15, -0.1) is 0 Å². The first-order chi connectivity index (χ1) is 10.7. The zero-order valence-electron chi connectivity index (χ0n) is 12.5. The monoisotopic (exact) mass is 328 g/mol. The molecule has 0 aromatic heterocycles. The van der Waals surface area contributed by atoms with Crippen molar-refractivity contribution >= 4 is 11.6 Å². The van der Waals surface area contributed by atoms with Gasteiger partial charge in [-0.25, -0.2) is 0 Å². The van der Waals surface area contributed by atoms with E-state index in [1.165, 1.54) is 0 Å². The number of aliphatic hydroxyl groups excluding tert-OH is 1. The Hall–Kier alpha value is -0.690. The zero-order chi connectivity index (χ0) is 15.5. The van der Waals surface area contributed by atoms with Crippen LogP contribution in [0.5, 0.6) is 0 Å². The first-order valence-corrected chi connectivity index (χ1v) is 7.99. The number of rotatable bonds is 6. The minimum Gasteiger partial charge on any atom is -0.385 e. The molecular formula is C16H21ClO5. The molecule has 2 heterocycles. The molecule has 3 rings (SSSR count). The molecule has 1 aromatic rings. The molecule has 0 spiro atoms. The molecule has 0 amide bonds. The average Bonchev–Trinajstić information content (AvgIpc) is 2.78. The minimum absolute atomic E-state index is 0.258. The Labute approximate surface area is 135 Å². The van der Waals surface area contributed by atoms with Gasteiger partial charge in [-0.05, 0) is 24.1 Å². The highest BCUT2D eigenvalue weighted by Crippen LogP contribution is 2.33. The van der Waals surface area contributed by atoms with Crippen molar-refractivity contribution in [1.29, 1.82) is 0 Å². The quantitative estimate of drug-likeness (QED) is 0.867. The van der Waals surface area contributed by atoms with Crippen LogP contribution < -0.4 is 0 Å². The molecule has 2 saturated heterocycles. The van der Waals surface area contributed by atoms with Crippen LogP contribution in [0, 0.1) is 0 Å². The van der Waals surface area contributed by atoms with Crippen LogP contribution >= 0.6 is 11.6 Å². The highest BCUT2D eigenvalue weighted by atomic mass is 35.5. The fraction of sp³-hybridized carbons (Fsp3) is 0.625. The van der Waals surface area contributed by atoms with Gasteiger partial charge in [0.1, 0.15) is 24.4 Å². The number of hydrogen-bond acceptors (Lipinski definition) is 5. The van der Waals surface area contributed by atoms with Gasteiger partial charge in [0, 0.05) is 11.6 Å². The summed E-state index contributed by atoms with van der Waals surface area (Å²) in [5, 5.41) is 10.9. The second kappa shape index (κ2) is 7.25. The second-order valence-corrected chi connectivity index (χ2v) is 6.04. The number of aliphatic hydroxyl groups is 1. The van der Waals surface area contributed by atoms with Crippen molar-refractivity contribution in [2.75, 3.05) is 13.2 Å². The molecule has 2 bridgehead atoms. The smallest absolute Gasteiger partial charge is 0.186 e. The van der Waals surface area contributed by atoms with Crippen molar-refractivity contribution in [3.8, 4) is 0 Å². The highest BCUT2D eigenvalue weighted by molar-refractivity contribution is 6.30. The summed E-state index contributed by atoms with van der Waals surface area (Å²) in [6.07, 6.45) is -1.44. The molecule has 5 atom stereocenters. The highest BCUT2D eigenvalue weighted by Gasteiger charge is 2.52. The number of fused-ring (bicyclic) bond motifs is 2. The van der Waals surface area contributed by atoms with Crippen LogP contribution in [0.3, 0.4) is 0 Å². The molecule has 122 valence electrons. The van der Waals surface area contributed by atoms with E-state index in [0.29, 0.717) is 24.8 Å². The maximum absolute atomic E-state index is 10.2. The van der Waals surface area contributed by atoms with E-state index in [9.17, 15) is 5.11 Å². The molecule has 22 heavy (non-hydrogen) atoms. The summed E-state index contributed by atoms with van der Waals surface area (Å²) in [6, 6.07) is 7.50. The lowest BCUT2D eigenvalue weighted by atomic mass is 10.1. The molecule has 0 saturated carbocycles. The van der Waals surface area contributed by atoms with Gasteiger partial charge >= 0.3 is 0 Å². The number of hydrogen-bond donors (Lipinski definition) is 1. The van der Waals surface area contributed by atoms with E-state index < -0.39 is 18.5 Å².